The maximum Gasteiger partial charge on any atom is 0.269 e. The van der Waals surface area contributed by atoms with Crippen molar-refractivity contribution >= 4 is 44.9 Å². The number of amides is 1. The van der Waals surface area contributed by atoms with E-state index in [1.54, 1.807) is 49.8 Å². The molecule has 0 aliphatic heterocycles. The van der Waals surface area contributed by atoms with Gasteiger partial charge in [0, 0.05) is 21.9 Å². The lowest BCUT2D eigenvalue weighted by Crippen LogP contribution is -2.30. The first-order valence-corrected chi connectivity index (χ1v) is 12.1. The number of carbonyl (C=O) groups excluding carboxylic acids is 1. The van der Waals surface area contributed by atoms with E-state index in [1.807, 2.05) is 18.2 Å². The number of hydrogen-bond acceptors (Lipinski definition) is 7. The van der Waals surface area contributed by atoms with E-state index in [1.165, 1.54) is 10.4 Å². The maximum absolute atomic E-state index is 12.7. The Morgan fingerprint density at radius 3 is 2.62 bits per heavy atom. The number of methoxy groups -OCH3 is 2. The molecule has 2 heterocycles. The number of anilines is 1. The van der Waals surface area contributed by atoms with Crippen LogP contribution < -0.4 is 20.3 Å². The van der Waals surface area contributed by atoms with Gasteiger partial charge in [0.15, 0.2) is 17.3 Å². The van der Waals surface area contributed by atoms with Gasteiger partial charge in [-0.3, -0.25) is 15.6 Å². The molecule has 9 heteroatoms. The number of rotatable bonds is 7. The van der Waals surface area contributed by atoms with Crippen LogP contribution in [0.3, 0.4) is 0 Å². The SMILES string of the molecule is COc1ccc(Cc2nc(NNC(=O)c3ccc(Cl)cc3)c3c4c(sc3n2)CCC4)cc1OC. The standard InChI is InChI=1S/C25H23ClN4O3S/c1-32-18-11-6-14(12-19(18)33-2)13-21-27-23(22-17-4-3-5-20(17)34-25(22)28-21)29-30-24(31)15-7-9-16(26)10-8-15/h6-12H,3-5,13H2,1-2H3,(H,30,31)(H,27,28,29). The first kappa shape index (κ1) is 22.4. The molecule has 174 valence electrons. The van der Waals surface area contributed by atoms with Crippen LogP contribution in [0.1, 0.15) is 38.6 Å². The van der Waals surface area contributed by atoms with Crippen LogP contribution in [0.5, 0.6) is 11.5 Å². The van der Waals surface area contributed by atoms with Crippen LogP contribution in [-0.2, 0) is 19.3 Å². The van der Waals surface area contributed by atoms with Gasteiger partial charge in [-0.15, -0.1) is 11.3 Å². The average molecular weight is 495 g/mol. The largest absolute Gasteiger partial charge is 0.493 e. The van der Waals surface area contributed by atoms with Crippen molar-refractivity contribution in [2.24, 2.45) is 0 Å². The van der Waals surface area contributed by atoms with E-state index in [9.17, 15) is 4.79 Å². The van der Waals surface area contributed by atoms with E-state index in [-0.39, 0.29) is 5.91 Å². The molecule has 5 rings (SSSR count). The number of carbonyl (C=O) groups is 1. The highest BCUT2D eigenvalue weighted by atomic mass is 35.5. The van der Waals surface area contributed by atoms with Gasteiger partial charge in [-0.1, -0.05) is 17.7 Å². The topological polar surface area (TPSA) is 85.4 Å². The van der Waals surface area contributed by atoms with Gasteiger partial charge in [-0.25, -0.2) is 9.97 Å². The Hall–Kier alpha value is -3.36. The number of hydrogen-bond donors (Lipinski definition) is 2. The fourth-order valence-corrected chi connectivity index (χ4v) is 5.58. The van der Waals surface area contributed by atoms with Crippen LogP contribution in [-0.4, -0.2) is 30.1 Å². The highest BCUT2D eigenvalue weighted by Crippen LogP contribution is 2.39. The van der Waals surface area contributed by atoms with Crippen LogP contribution in [0.4, 0.5) is 5.82 Å². The number of nitrogens with one attached hydrogen (secondary N) is 2. The summed E-state index contributed by atoms with van der Waals surface area (Å²) in [5.41, 5.74) is 8.62. The van der Waals surface area contributed by atoms with E-state index in [0.29, 0.717) is 40.1 Å². The first-order valence-electron chi connectivity index (χ1n) is 10.9. The van der Waals surface area contributed by atoms with E-state index in [0.717, 1.165) is 35.0 Å². The third-order valence-corrected chi connectivity index (χ3v) is 7.26. The summed E-state index contributed by atoms with van der Waals surface area (Å²) < 4.78 is 10.8. The predicted molar refractivity (Wildman–Crippen MR) is 134 cm³/mol. The molecule has 0 atom stereocenters. The summed E-state index contributed by atoms with van der Waals surface area (Å²) in [6, 6.07) is 12.5. The van der Waals surface area contributed by atoms with Crippen molar-refractivity contribution in [3.63, 3.8) is 0 Å². The number of aromatic nitrogens is 2. The maximum atomic E-state index is 12.7. The first-order chi connectivity index (χ1) is 16.6. The van der Waals surface area contributed by atoms with E-state index in [4.69, 9.17) is 31.0 Å². The van der Waals surface area contributed by atoms with Crippen molar-refractivity contribution < 1.29 is 14.3 Å². The Labute approximate surface area is 206 Å². The fourth-order valence-electron chi connectivity index (χ4n) is 4.17. The quantitative estimate of drug-likeness (QED) is 0.343. The van der Waals surface area contributed by atoms with Gasteiger partial charge in [0.05, 0.1) is 19.6 Å². The molecule has 0 saturated carbocycles. The number of aryl methyl sites for hydroxylation is 2. The Balaban J connectivity index is 1.46. The molecule has 1 amide bonds. The zero-order chi connectivity index (χ0) is 23.7. The van der Waals surface area contributed by atoms with Crippen molar-refractivity contribution in [1.29, 1.82) is 0 Å². The second kappa shape index (κ2) is 9.48. The highest BCUT2D eigenvalue weighted by molar-refractivity contribution is 7.19. The van der Waals surface area contributed by atoms with Crippen molar-refractivity contribution in [3.8, 4) is 11.5 Å². The van der Waals surface area contributed by atoms with E-state index in [2.05, 4.69) is 10.9 Å². The molecule has 0 bridgehead atoms. The Kier molecular flexibility index (Phi) is 6.26. The minimum Gasteiger partial charge on any atom is -0.493 e. The lowest BCUT2D eigenvalue weighted by Gasteiger charge is -2.12. The second-order valence-corrected chi connectivity index (χ2v) is 9.50. The lowest BCUT2D eigenvalue weighted by atomic mass is 10.1. The number of hydrazine groups is 1. The lowest BCUT2D eigenvalue weighted by molar-refractivity contribution is 0.0962. The monoisotopic (exact) mass is 494 g/mol. The molecule has 1 aliphatic carbocycles. The summed E-state index contributed by atoms with van der Waals surface area (Å²) >= 11 is 7.65. The minimum atomic E-state index is -0.267. The van der Waals surface area contributed by atoms with Gasteiger partial charge in [0.1, 0.15) is 10.7 Å². The molecular formula is C25H23ClN4O3S. The average Bonchev–Trinajstić information content (AvgIpc) is 3.44. The van der Waals surface area contributed by atoms with Crippen LogP contribution in [0, 0.1) is 0 Å². The Bertz CT molecular complexity index is 1370. The Morgan fingerprint density at radius 2 is 1.85 bits per heavy atom. The van der Waals surface area contributed by atoms with Gasteiger partial charge in [-0.2, -0.15) is 0 Å². The molecule has 0 fully saturated rings. The van der Waals surface area contributed by atoms with Crippen molar-refractivity contribution in [1.82, 2.24) is 15.4 Å². The molecule has 0 saturated heterocycles. The number of ether oxygens (including phenoxy) is 2. The molecule has 2 N–H and O–H groups in total. The third kappa shape index (κ3) is 4.38. The van der Waals surface area contributed by atoms with E-state index >= 15 is 0 Å². The smallest absolute Gasteiger partial charge is 0.269 e. The molecule has 0 spiro atoms. The van der Waals surface area contributed by atoms with Crippen LogP contribution in [0.25, 0.3) is 10.2 Å². The minimum absolute atomic E-state index is 0.267. The van der Waals surface area contributed by atoms with Gasteiger partial charge >= 0.3 is 0 Å². The highest BCUT2D eigenvalue weighted by Gasteiger charge is 2.23. The molecular weight excluding hydrogens is 472 g/mol. The number of nitrogens with zero attached hydrogens (tertiary/aromatic N) is 2. The van der Waals surface area contributed by atoms with Crippen LogP contribution in [0.2, 0.25) is 5.02 Å². The normalized spacial score (nSPS) is 12.4. The summed E-state index contributed by atoms with van der Waals surface area (Å²) in [5.74, 6) is 2.33. The molecule has 0 unspecified atom stereocenters. The van der Waals surface area contributed by atoms with Crippen molar-refractivity contribution in [2.75, 3.05) is 19.6 Å². The number of thiophene rings is 1. The zero-order valence-electron chi connectivity index (χ0n) is 18.8. The zero-order valence-corrected chi connectivity index (χ0v) is 20.3. The number of fused-ring (bicyclic) bond motifs is 3. The molecule has 0 radical (unpaired) electrons. The molecule has 34 heavy (non-hydrogen) atoms. The summed E-state index contributed by atoms with van der Waals surface area (Å²) in [5, 5.41) is 1.57. The Morgan fingerprint density at radius 1 is 1.06 bits per heavy atom. The van der Waals surface area contributed by atoms with E-state index < -0.39 is 0 Å². The van der Waals surface area contributed by atoms with Gasteiger partial charge in [0.25, 0.3) is 5.91 Å². The van der Waals surface area contributed by atoms with Crippen LogP contribution in [0.15, 0.2) is 42.5 Å². The van der Waals surface area contributed by atoms with Crippen LogP contribution >= 0.6 is 22.9 Å². The van der Waals surface area contributed by atoms with Gasteiger partial charge < -0.3 is 9.47 Å². The second-order valence-electron chi connectivity index (χ2n) is 7.98. The van der Waals surface area contributed by atoms with Crippen molar-refractivity contribution in [3.05, 3.63) is 74.9 Å². The van der Waals surface area contributed by atoms with Gasteiger partial charge in [-0.05, 0) is 66.8 Å². The fraction of sp³-hybridized carbons (Fsp3) is 0.240. The molecule has 7 nitrogen and oxygen atoms in total. The number of benzene rings is 2. The number of halogens is 1. The van der Waals surface area contributed by atoms with Crippen molar-refractivity contribution in [2.45, 2.75) is 25.7 Å². The third-order valence-electron chi connectivity index (χ3n) is 5.82. The predicted octanol–water partition coefficient (Wildman–Crippen LogP) is 5.20. The molecule has 4 aromatic rings. The molecule has 1 aliphatic rings. The molecule has 2 aromatic carbocycles. The molecule has 2 aromatic heterocycles. The summed E-state index contributed by atoms with van der Waals surface area (Å²) in [7, 11) is 3.23. The summed E-state index contributed by atoms with van der Waals surface area (Å²) in [6.07, 6.45) is 3.69. The summed E-state index contributed by atoms with van der Waals surface area (Å²) in [4.78, 5) is 24.6. The van der Waals surface area contributed by atoms with Gasteiger partial charge in [0.2, 0.25) is 0 Å². The summed E-state index contributed by atoms with van der Waals surface area (Å²) in [6.45, 7) is 0.